The second kappa shape index (κ2) is 4.81. The number of halogens is 1. The first-order valence-corrected chi connectivity index (χ1v) is 4.28. The first-order valence-electron chi connectivity index (χ1n) is 4.28. The summed E-state index contributed by atoms with van der Waals surface area (Å²) in [5.41, 5.74) is 0.919. The first kappa shape index (κ1) is 10.8. The van der Waals surface area contributed by atoms with Gasteiger partial charge in [0.1, 0.15) is 0 Å². The molecule has 0 saturated carbocycles. The lowest BCUT2D eigenvalue weighted by Gasteiger charge is -2.09. The molecule has 0 amide bonds. The topological polar surface area (TPSA) is 30.5 Å². The number of hydrogen-bond donors (Lipinski definition) is 1. The van der Waals surface area contributed by atoms with Gasteiger partial charge in [0.05, 0.1) is 14.2 Å². The van der Waals surface area contributed by atoms with Crippen LogP contribution in [0.15, 0.2) is 12.1 Å². The van der Waals surface area contributed by atoms with Crippen molar-refractivity contribution >= 4 is 0 Å². The zero-order valence-electron chi connectivity index (χ0n) is 8.56. The fourth-order valence-corrected chi connectivity index (χ4v) is 1.23. The summed E-state index contributed by atoms with van der Waals surface area (Å²) >= 11 is 0. The molecule has 0 radical (unpaired) electrons. The summed E-state index contributed by atoms with van der Waals surface area (Å²) in [6.45, 7) is 0.646. The molecule has 0 aliphatic heterocycles. The Morgan fingerprint density at radius 3 is 2.07 bits per heavy atom. The molecule has 0 atom stereocenters. The lowest BCUT2D eigenvalue weighted by molar-refractivity contribution is 0.349. The fraction of sp³-hybridized carbons (Fsp3) is 0.400. The zero-order valence-corrected chi connectivity index (χ0v) is 8.56. The van der Waals surface area contributed by atoms with Gasteiger partial charge in [-0.3, -0.25) is 0 Å². The van der Waals surface area contributed by atoms with Crippen molar-refractivity contribution < 1.29 is 13.9 Å². The van der Waals surface area contributed by atoms with Crippen LogP contribution in [0, 0.1) is 5.82 Å². The van der Waals surface area contributed by atoms with E-state index in [4.69, 9.17) is 9.47 Å². The summed E-state index contributed by atoms with van der Waals surface area (Å²) in [5.74, 6) is -0.0564. The third-order valence-corrected chi connectivity index (χ3v) is 1.89. The molecular formula is C10H14FNO2. The summed E-state index contributed by atoms with van der Waals surface area (Å²) in [5, 5.41) is 2.97. The average molecular weight is 199 g/mol. The summed E-state index contributed by atoms with van der Waals surface area (Å²) in [7, 11) is 4.68. The average Bonchev–Trinajstić information content (AvgIpc) is 2.20. The highest BCUT2D eigenvalue weighted by Gasteiger charge is 2.11. The number of hydrogen-bond acceptors (Lipinski definition) is 3. The zero-order chi connectivity index (χ0) is 10.6. The molecule has 0 saturated heterocycles. The third-order valence-electron chi connectivity index (χ3n) is 1.89. The van der Waals surface area contributed by atoms with Gasteiger partial charge >= 0.3 is 0 Å². The second-order valence-corrected chi connectivity index (χ2v) is 2.84. The summed E-state index contributed by atoms with van der Waals surface area (Å²) in [4.78, 5) is 0. The molecule has 0 bridgehead atoms. The molecule has 4 heteroatoms. The van der Waals surface area contributed by atoms with Crippen LogP contribution >= 0.6 is 0 Å². The minimum Gasteiger partial charge on any atom is -0.494 e. The Labute approximate surface area is 82.8 Å². The maximum Gasteiger partial charge on any atom is 0.206 e. The highest BCUT2D eigenvalue weighted by atomic mass is 19.1. The molecule has 0 unspecified atom stereocenters. The van der Waals surface area contributed by atoms with Gasteiger partial charge in [-0.25, -0.2) is 0 Å². The number of benzene rings is 1. The fourth-order valence-electron chi connectivity index (χ4n) is 1.23. The van der Waals surface area contributed by atoms with E-state index >= 15 is 0 Å². The van der Waals surface area contributed by atoms with E-state index in [0.717, 1.165) is 5.56 Å². The van der Waals surface area contributed by atoms with Gasteiger partial charge < -0.3 is 14.8 Å². The van der Waals surface area contributed by atoms with Crippen LogP contribution in [0.5, 0.6) is 11.5 Å². The van der Waals surface area contributed by atoms with Crippen LogP contribution in [0.3, 0.4) is 0 Å². The molecule has 0 heterocycles. The van der Waals surface area contributed by atoms with Crippen LogP contribution in [0.2, 0.25) is 0 Å². The van der Waals surface area contributed by atoms with E-state index in [1.54, 1.807) is 12.1 Å². The monoisotopic (exact) mass is 199 g/mol. The van der Waals surface area contributed by atoms with Gasteiger partial charge in [-0.1, -0.05) is 0 Å². The van der Waals surface area contributed by atoms with Gasteiger partial charge in [0, 0.05) is 6.54 Å². The predicted octanol–water partition coefficient (Wildman–Crippen LogP) is 1.56. The van der Waals surface area contributed by atoms with Crippen molar-refractivity contribution in [2.75, 3.05) is 21.3 Å². The van der Waals surface area contributed by atoms with Gasteiger partial charge in [-0.2, -0.15) is 4.39 Å². The number of rotatable bonds is 4. The molecule has 14 heavy (non-hydrogen) atoms. The molecular weight excluding hydrogens is 185 g/mol. The Balaban J connectivity index is 3.11. The smallest absolute Gasteiger partial charge is 0.206 e. The third kappa shape index (κ3) is 2.14. The Hall–Kier alpha value is -1.29. The molecule has 1 aromatic rings. The minimum absolute atomic E-state index is 0.203. The maximum absolute atomic E-state index is 13.4. The predicted molar refractivity (Wildman–Crippen MR) is 52.3 cm³/mol. The van der Waals surface area contributed by atoms with Gasteiger partial charge in [0.2, 0.25) is 5.82 Å². The van der Waals surface area contributed by atoms with Gasteiger partial charge in [-0.05, 0) is 24.7 Å². The molecule has 1 aromatic carbocycles. The van der Waals surface area contributed by atoms with Crippen molar-refractivity contribution in [3.8, 4) is 11.5 Å². The van der Waals surface area contributed by atoms with Crippen molar-refractivity contribution in [1.29, 1.82) is 0 Å². The summed E-state index contributed by atoms with van der Waals surface area (Å²) in [6, 6.07) is 3.29. The van der Waals surface area contributed by atoms with Crippen LogP contribution in [0.1, 0.15) is 5.56 Å². The Kier molecular flexibility index (Phi) is 3.71. The van der Waals surface area contributed by atoms with Gasteiger partial charge in [0.15, 0.2) is 11.5 Å². The van der Waals surface area contributed by atoms with Crippen LogP contribution in [-0.4, -0.2) is 21.3 Å². The Morgan fingerprint density at radius 2 is 1.71 bits per heavy atom. The van der Waals surface area contributed by atoms with E-state index in [0.29, 0.717) is 6.54 Å². The van der Waals surface area contributed by atoms with Crippen LogP contribution in [0.25, 0.3) is 0 Å². The van der Waals surface area contributed by atoms with Gasteiger partial charge in [-0.15, -0.1) is 0 Å². The standard InChI is InChI=1S/C10H14FNO2/c1-12-6-7-4-8(13-2)10(11)9(5-7)14-3/h4-5,12H,6H2,1-3H3. The van der Waals surface area contributed by atoms with E-state index in [2.05, 4.69) is 5.32 Å². The first-order chi connectivity index (χ1) is 6.72. The lowest BCUT2D eigenvalue weighted by atomic mass is 10.2. The van der Waals surface area contributed by atoms with Crippen molar-refractivity contribution in [2.24, 2.45) is 0 Å². The highest BCUT2D eigenvalue weighted by molar-refractivity contribution is 5.40. The molecule has 78 valence electrons. The lowest BCUT2D eigenvalue weighted by Crippen LogP contribution is -2.06. The normalized spacial score (nSPS) is 10.0. The Morgan fingerprint density at radius 1 is 1.21 bits per heavy atom. The van der Waals surface area contributed by atoms with Crippen molar-refractivity contribution in [3.05, 3.63) is 23.5 Å². The van der Waals surface area contributed by atoms with Crippen molar-refractivity contribution in [1.82, 2.24) is 5.32 Å². The van der Waals surface area contributed by atoms with Crippen molar-refractivity contribution in [3.63, 3.8) is 0 Å². The maximum atomic E-state index is 13.4. The van der Waals surface area contributed by atoms with E-state index in [9.17, 15) is 4.39 Å². The van der Waals surface area contributed by atoms with E-state index in [-0.39, 0.29) is 11.5 Å². The molecule has 0 aliphatic rings. The van der Waals surface area contributed by atoms with Crippen LogP contribution in [-0.2, 0) is 6.54 Å². The number of methoxy groups -OCH3 is 2. The highest BCUT2D eigenvalue weighted by Crippen LogP contribution is 2.28. The molecule has 1 N–H and O–H groups in total. The summed E-state index contributed by atoms with van der Waals surface area (Å²) < 4.78 is 23.2. The van der Waals surface area contributed by atoms with E-state index in [1.807, 2.05) is 7.05 Å². The number of nitrogens with one attached hydrogen (secondary N) is 1. The van der Waals surface area contributed by atoms with E-state index < -0.39 is 5.82 Å². The molecule has 0 spiro atoms. The molecule has 1 rings (SSSR count). The van der Waals surface area contributed by atoms with E-state index in [1.165, 1.54) is 14.2 Å². The molecule has 0 fully saturated rings. The molecule has 0 aliphatic carbocycles. The van der Waals surface area contributed by atoms with Crippen molar-refractivity contribution in [2.45, 2.75) is 6.54 Å². The quantitative estimate of drug-likeness (QED) is 0.798. The van der Waals surface area contributed by atoms with Gasteiger partial charge in [0.25, 0.3) is 0 Å². The Bertz CT molecular complexity index is 290. The minimum atomic E-state index is -0.463. The van der Waals surface area contributed by atoms with Crippen LogP contribution in [0.4, 0.5) is 4.39 Å². The second-order valence-electron chi connectivity index (χ2n) is 2.84. The largest absolute Gasteiger partial charge is 0.494 e. The summed E-state index contributed by atoms with van der Waals surface area (Å²) in [6.07, 6.45) is 0. The molecule has 3 nitrogen and oxygen atoms in total. The number of ether oxygens (including phenoxy) is 2. The SMILES string of the molecule is CNCc1cc(OC)c(F)c(OC)c1. The molecule has 0 aromatic heterocycles. The van der Waals surface area contributed by atoms with Crippen LogP contribution < -0.4 is 14.8 Å².